The van der Waals surface area contributed by atoms with Crippen molar-refractivity contribution in [2.75, 3.05) is 6.61 Å². The third-order valence-electron chi connectivity index (χ3n) is 5.41. The van der Waals surface area contributed by atoms with Gasteiger partial charge in [0.25, 0.3) is 0 Å². The maximum absolute atomic E-state index is 9.25. The monoisotopic (exact) mass is 371 g/mol. The van der Waals surface area contributed by atoms with Crippen molar-refractivity contribution in [2.24, 2.45) is 4.99 Å². The van der Waals surface area contributed by atoms with Gasteiger partial charge in [-0.2, -0.15) is 15.5 Å². The van der Waals surface area contributed by atoms with Crippen LogP contribution < -0.4 is 4.74 Å². The van der Waals surface area contributed by atoms with E-state index in [4.69, 9.17) is 14.7 Å². The van der Waals surface area contributed by atoms with Gasteiger partial charge in [-0.3, -0.25) is 0 Å². The Morgan fingerprint density at radius 1 is 1.07 bits per heavy atom. The maximum atomic E-state index is 9.25. The van der Waals surface area contributed by atoms with E-state index in [0.717, 1.165) is 41.0 Å². The van der Waals surface area contributed by atoms with Crippen LogP contribution in [-0.4, -0.2) is 23.5 Å². The molecular weight excluding hydrogens is 350 g/mol. The normalized spacial score (nSPS) is 24.1. The van der Waals surface area contributed by atoms with Crippen molar-refractivity contribution >= 4 is 5.71 Å². The summed E-state index contributed by atoms with van der Waals surface area (Å²) in [5.74, 6) is 0.748. The zero-order valence-corrected chi connectivity index (χ0v) is 16.0. The molecule has 2 heterocycles. The second-order valence-electron chi connectivity index (χ2n) is 8.06. The third kappa shape index (κ3) is 3.38. The summed E-state index contributed by atoms with van der Waals surface area (Å²) < 4.78 is 12.3. The maximum Gasteiger partial charge on any atom is 0.205 e. The number of aliphatic imine (C=N–C) groups is 1. The van der Waals surface area contributed by atoms with Crippen LogP contribution in [-0.2, 0) is 4.74 Å². The standard InChI is InChI=1S/C23H21N3O2/c1-22(2)14-23(8-9-27-22)12-20(26-15-25)19-11-18(6-7-21(19)28-23)17-5-3-4-16(10-17)13-24/h3-7,10-11H,8-9,12,14H2,1-2H3. The highest BCUT2D eigenvalue weighted by atomic mass is 16.5. The number of hydrogen-bond acceptors (Lipinski definition) is 5. The minimum absolute atomic E-state index is 0.273. The minimum atomic E-state index is -0.396. The average molecular weight is 371 g/mol. The van der Waals surface area contributed by atoms with Crippen LogP contribution in [0.2, 0.25) is 0 Å². The molecule has 5 heteroatoms. The first-order valence-corrected chi connectivity index (χ1v) is 9.37. The minimum Gasteiger partial charge on any atom is -0.486 e. The topological polar surface area (TPSA) is 78.4 Å². The van der Waals surface area contributed by atoms with E-state index in [1.807, 2.05) is 42.6 Å². The summed E-state index contributed by atoms with van der Waals surface area (Å²) in [5.41, 5.74) is 3.45. The molecule has 28 heavy (non-hydrogen) atoms. The van der Waals surface area contributed by atoms with Crippen molar-refractivity contribution in [3.05, 3.63) is 53.6 Å². The van der Waals surface area contributed by atoms with E-state index < -0.39 is 5.60 Å². The molecule has 2 aromatic rings. The fourth-order valence-corrected chi connectivity index (χ4v) is 4.29. The van der Waals surface area contributed by atoms with E-state index in [2.05, 4.69) is 24.9 Å². The molecule has 0 N–H and O–H groups in total. The van der Waals surface area contributed by atoms with Gasteiger partial charge in [0.15, 0.2) is 0 Å². The van der Waals surface area contributed by atoms with Gasteiger partial charge in [0.05, 0.1) is 29.6 Å². The van der Waals surface area contributed by atoms with E-state index in [0.29, 0.717) is 18.6 Å². The van der Waals surface area contributed by atoms with Gasteiger partial charge >= 0.3 is 0 Å². The first-order chi connectivity index (χ1) is 13.4. The molecular formula is C23H21N3O2. The number of hydrogen-bond donors (Lipinski definition) is 0. The highest BCUT2D eigenvalue weighted by molar-refractivity contribution is 6.05. The molecule has 0 saturated carbocycles. The fraction of sp³-hybridized carbons (Fsp3) is 0.348. The predicted molar refractivity (Wildman–Crippen MR) is 106 cm³/mol. The lowest BCUT2D eigenvalue weighted by atomic mass is 9.77. The molecule has 2 aromatic carbocycles. The van der Waals surface area contributed by atoms with Gasteiger partial charge in [-0.25, -0.2) is 0 Å². The summed E-state index contributed by atoms with van der Waals surface area (Å²) in [7, 11) is 0. The number of nitrogens with zero attached hydrogens (tertiary/aromatic N) is 3. The Bertz CT molecular complexity index is 1040. The highest BCUT2D eigenvalue weighted by Crippen LogP contribution is 2.44. The van der Waals surface area contributed by atoms with Gasteiger partial charge in [0.1, 0.15) is 11.4 Å². The lowest BCUT2D eigenvalue weighted by Crippen LogP contribution is -2.52. The van der Waals surface area contributed by atoms with Crippen LogP contribution in [0.25, 0.3) is 11.1 Å². The molecule has 4 rings (SSSR count). The largest absolute Gasteiger partial charge is 0.486 e. The lowest BCUT2D eigenvalue weighted by molar-refractivity contribution is -0.131. The Morgan fingerprint density at radius 2 is 1.89 bits per heavy atom. The van der Waals surface area contributed by atoms with Crippen LogP contribution in [0, 0.1) is 22.8 Å². The average Bonchev–Trinajstić information content (AvgIpc) is 2.67. The number of rotatable bonds is 1. The Hall–Kier alpha value is -3.15. The van der Waals surface area contributed by atoms with Crippen LogP contribution in [0.15, 0.2) is 47.5 Å². The summed E-state index contributed by atoms with van der Waals surface area (Å²) in [6.07, 6.45) is 4.06. The van der Waals surface area contributed by atoms with E-state index in [-0.39, 0.29) is 5.60 Å². The summed E-state index contributed by atoms with van der Waals surface area (Å²) >= 11 is 0. The van der Waals surface area contributed by atoms with Crippen molar-refractivity contribution in [3.8, 4) is 29.1 Å². The molecule has 0 aliphatic carbocycles. The Labute approximate surface area is 164 Å². The molecule has 140 valence electrons. The van der Waals surface area contributed by atoms with E-state index in [1.165, 1.54) is 0 Å². The highest BCUT2D eigenvalue weighted by Gasteiger charge is 2.46. The van der Waals surface area contributed by atoms with Crippen LogP contribution in [0.5, 0.6) is 5.75 Å². The molecule has 0 aromatic heterocycles. The van der Waals surface area contributed by atoms with Gasteiger partial charge in [0, 0.05) is 24.8 Å². The predicted octanol–water partition coefficient (Wildman–Crippen LogP) is 4.61. The van der Waals surface area contributed by atoms with Crippen molar-refractivity contribution in [1.82, 2.24) is 0 Å². The SMILES string of the molecule is CC1(C)CC2(CCO1)CC(=NC#N)c1cc(-c3cccc(C#N)c3)ccc1O2. The van der Waals surface area contributed by atoms with Crippen LogP contribution in [0.1, 0.15) is 44.2 Å². The number of ether oxygens (including phenoxy) is 2. The van der Waals surface area contributed by atoms with Crippen molar-refractivity contribution < 1.29 is 9.47 Å². The second-order valence-corrected chi connectivity index (χ2v) is 8.06. The van der Waals surface area contributed by atoms with Gasteiger partial charge in [-0.1, -0.05) is 18.2 Å². The molecule has 5 nitrogen and oxygen atoms in total. The number of benzene rings is 2. The van der Waals surface area contributed by atoms with Crippen molar-refractivity contribution in [3.63, 3.8) is 0 Å². The van der Waals surface area contributed by atoms with Crippen LogP contribution in [0.3, 0.4) is 0 Å². The second kappa shape index (κ2) is 6.78. The Morgan fingerprint density at radius 3 is 2.64 bits per heavy atom. The van der Waals surface area contributed by atoms with Crippen molar-refractivity contribution in [2.45, 2.75) is 44.3 Å². The molecule has 2 aliphatic heterocycles. The smallest absolute Gasteiger partial charge is 0.205 e. The zero-order valence-electron chi connectivity index (χ0n) is 16.0. The van der Waals surface area contributed by atoms with Crippen LogP contribution in [0.4, 0.5) is 0 Å². The molecule has 2 aliphatic rings. The molecule has 1 saturated heterocycles. The Balaban J connectivity index is 1.76. The summed E-state index contributed by atoms with van der Waals surface area (Å²) in [5, 5.41) is 18.4. The van der Waals surface area contributed by atoms with E-state index >= 15 is 0 Å². The molecule has 1 unspecified atom stereocenters. The quantitative estimate of drug-likeness (QED) is 0.686. The molecule has 1 fully saturated rings. The zero-order chi connectivity index (χ0) is 19.8. The molecule has 0 bridgehead atoms. The lowest BCUT2D eigenvalue weighted by Gasteiger charge is -2.47. The van der Waals surface area contributed by atoms with Gasteiger partial charge in [0.2, 0.25) is 6.19 Å². The Kier molecular flexibility index (Phi) is 4.41. The first kappa shape index (κ1) is 18.2. The van der Waals surface area contributed by atoms with E-state index in [9.17, 15) is 5.26 Å². The molecule has 1 atom stereocenters. The third-order valence-corrected chi connectivity index (χ3v) is 5.41. The van der Waals surface area contributed by atoms with Crippen LogP contribution >= 0.6 is 0 Å². The summed E-state index contributed by atoms with van der Waals surface area (Å²) in [6.45, 7) is 4.76. The first-order valence-electron chi connectivity index (χ1n) is 9.37. The summed E-state index contributed by atoms with van der Waals surface area (Å²) in [6, 6.07) is 15.6. The molecule has 0 radical (unpaired) electrons. The number of fused-ring (bicyclic) bond motifs is 1. The number of nitriles is 2. The van der Waals surface area contributed by atoms with Gasteiger partial charge in [-0.05, 0) is 49.2 Å². The van der Waals surface area contributed by atoms with Gasteiger partial charge in [-0.15, -0.1) is 0 Å². The van der Waals surface area contributed by atoms with Crippen molar-refractivity contribution in [1.29, 1.82) is 10.5 Å². The fourth-order valence-electron chi connectivity index (χ4n) is 4.29. The van der Waals surface area contributed by atoms with Gasteiger partial charge < -0.3 is 9.47 Å². The molecule has 1 spiro atoms. The van der Waals surface area contributed by atoms with E-state index in [1.54, 1.807) is 6.07 Å². The molecule has 0 amide bonds. The summed E-state index contributed by atoms with van der Waals surface area (Å²) in [4.78, 5) is 4.14.